The van der Waals surface area contributed by atoms with E-state index in [2.05, 4.69) is 6.58 Å². The summed E-state index contributed by atoms with van der Waals surface area (Å²) >= 11 is 0. The van der Waals surface area contributed by atoms with Crippen LogP contribution < -0.4 is 24.0 Å². The summed E-state index contributed by atoms with van der Waals surface area (Å²) < 4.78 is 0. The molecule has 0 aliphatic carbocycles. The molecule has 0 unspecified atom stereocenters. The van der Waals surface area contributed by atoms with Crippen LogP contribution in [0.15, 0.2) is 18.6 Å². The minimum absolute atomic E-state index is 0. The molecule has 5 heavy (non-hydrogen) atoms. The van der Waals surface area contributed by atoms with Gasteiger partial charge < -0.3 is 5.11 Å². The van der Waals surface area contributed by atoms with E-state index in [9.17, 15) is 0 Å². The molecule has 0 aromatic carbocycles. The molecule has 0 amide bonds. The van der Waals surface area contributed by atoms with Gasteiger partial charge in [0, 0.05) is 0 Å². The fraction of sp³-hybridized carbons (Fsp3) is 0. The third-order valence-electron chi connectivity index (χ3n) is 0.0833. The second-order valence-electron chi connectivity index (χ2n) is 0.322. The van der Waals surface area contributed by atoms with Gasteiger partial charge >= 0.3 is 18.9 Å². The Balaban J connectivity index is 0. The van der Waals surface area contributed by atoms with E-state index >= 15 is 0 Å². The first-order valence-corrected chi connectivity index (χ1v) is 0.878. The van der Waals surface area contributed by atoms with Crippen molar-refractivity contribution in [3.8, 4) is 0 Å². The summed E-state index contributed by atoms with van der Waals surface area (Å²) in [6, 6.07) is 0. The summed E-state index contributed by atoms with van der Waals surface area (Å²) in [6.45, 7) is 2.99. The van der Waals surface area contributed by atoms with Crippen LogP contribution in [0.2, 0.25) is 0 Å². The van der Waals surface area contributed by atoms with Gasteiger partial charge in [-0.1, -0.05) is 6.58 Å². The zero-order valence-electron chi connectivity index (χ0n) is 3.19. The number of hydrogen-bond donors (Lipinski definition) is 0. The molecular formula is C3H3LiO. The molecule has 0 saturated carbocycles. The molecule has 2 heteroatoms. The molecule has 1 nitrogen and oxygen atoms in total. The molecule has 0 rings (SSSR count). The maximum absolute atomic E-state index is 9.00. The second-order valence-corrected chi connectivity index (χ2v) is 0.322. The number of rotatable bonds is 0. The predicted molar refractivity (Wildman–Crippen MR) is 13.7 cm³/mol. The Hall–Kier alpha value is -0.0826. The summed E-state index contributed by atoms with van der Waals surface area (Å²) in [5, 5.41) is 9.00. The van der Waals surface area contributed by atoms with Crippen LogP contribution in [0.3, 0.4) is 0 Å². The average Bonchev–Trinajstić information content (AvgIpc) is 1.37. The van der Waals surface area contributed by atoms with E-state index in [1.54, 1.807) is 0 Å². The normalized spacial score (nSPS) is 3.20. The van der Waals surface area contributed by atoms with Gasteiger partial charge in [-0.15, -0.1) is 12.0 Å². The van der Waals surface area contributed by atoms with E-state index in [-0.39, 0.29) is 18.9 Å². The van der Waals surface area contributed by atoms with Crippen LogP contribution in [0.4, 0.5) is 0 Å². The van der Waals surface area contributed by atoms with Crippen molar-refractivity contribution in [1.29, 1.82) is 0 Å². The molecule has 0 aromatic heterocycles. The summed E-state index contributed by atoms with van der Waals surface area (Å²) in [4.78, 5) is 0. The van der Waals surface area contributed by atoms with E-state index in [0.717, 1.165) is 0 Å². The Morgan fingerprint density at radius 3 is 2.00 bits per heavy atom. The van der Waals surface area contributed by atoms with Crippen molar-refractivity contribution in [3.63, 3.8) is 0 Å². The molecule has 0 aromatic rings. The van der Waals surface area contributed by atoms with Gasteiger partial charge in [-0.25, -0.2) is 0 Å². The van der Waals surface area contributed by atoms with Gasteiger partial charge in [0.15, 0.2) is 0 Å². The third kappa shape index (κ3) is 17.1. The fourth-order valence-electron chi connectivity index (χ4n) is 0. The molecule has 0 saturated heterocycles. The van der Waals surface area contributed by atoms with Crippen LogP contribution in [0.25, 0.3) is 0 Å². The van der Waals surface area contributed by atoms with Crippen LogP contribution in [0.5, 0.6) is 0 Å². The molecule has 0 heterocycles. The van der Waals surface area contributed by atoms with Gasteiger partial charge in [0.25, 0.3) is 0 Å². The standard InChI is InChI=1S/C3H4O.Li/c1-2-3-4;/h3-4H,1H2;/q;+1/p-1. The molecule has 0 aliphatic rings. The molecule has 0 aliphatic heterocycles. The molecule has 0 atom stereocenters. The molecule has 0 spiro atoms. The average molecular weight is 62.0 g/mol. The van der Waals surface area contributed by atoms with Crippen LogP contribution >= 0.6 is 0 Å². The second kappa shape index (κ2) is 9.07. The van der Waals surface area contributed by atoms with E-state index in [1.807, 2.05) is 5.73 Å². The van der Waals surface area contributed by atoms with E-state index in [0.29, 0.717) is 6.26 Å². The summed E-state index contributed by atoms with van der Waals surface area (Å²) in [7, 11) is 0. The first kappa shape index (κ1) is 8.87. The van der Waals surface area contributed by atoms with Crippen molar-refractivity contribution in [3.05, 3.63) is 18.6 Å². The quantitative estimate of drug-likeness (QED) is 0.163. The van der Waals surface area contributed by atoms with Gasteiger partial charge in [-0.2, -0.15) is 0 Å². The molecule has 0 radical (unpaired) electrons. The van der Waals surface area contributed by atoms with Crippen LogP contribution in [-0.4, -0.2) is 0 Å². The SMILES string of the molecule is C=C=C[O-].[Li+]. The summed E-state index contributed by atoms with van der Waals surface area (Å²) in [5.41, 5.74) is 2.00. The molecular weight excluding hydrogens is 59.0 g/mol. The van der Waals surface area contributed by atoms with Crippen molar-refractivity contribution in [1.82, 2.24) is 0 Å². The Bertz CT molecular complexity index is 44.9. The van der Waals surface area contributed by atoms with Gasteiger partial charge in [0.1, 0.15) is 0 Å². The predicted octanol–water partition coefficient (Wildman–Crippen LogP) is -3.35. The van der Waals surface area contributed by atoms with Crippen molar-refractivity contribution in [2.75, 3.05) is 0 Å². The van der Waals surface area contributed by atoms with Gasteiger partial charge in [-0.3, -0.25) is 0 Å². The van der Waals surface area contributed by atoms with Crippen LogP contribution in [0.1, 0.15) is 0 Å². The van der Waals surface area contributed by atoms with E-state index in [1.165, 1.54) is 0 Å². The minimum Gasteiger partial charge on any atom is -0.872 e. The Kier molecular flexibility index (Phi) is 16.1. The van der Waals surface area contributed by atoms with E-state index < -0.39 is 0 Å². The largest absolute Gasteiger partial charge is 1.00 e. The fourth-order valence-corrected chi connectivity index (χ4v) is 0. The molecule has 0 fully saturated rings. The van der Waals surface area contributed by atoms with Crippen molar-refractivity contribution in [2.24, 2.45) is 0 Å². The topological polar surface area (TPSA) is 23.1 Å². The van der Waals surface area contributed by atoms with Gasteiger partial charge in [-0.05, 0) is 0 Å². The van der Waals surface area contributed by atoms with E-state index in [4.69, 9.17) is 5.11 Å². The zero-order valence-corrected chi connectivity index (χ0v) is 3.19. The first-order chi connectivity index (χ1) is 1.91. The first-order valence-electron chi connectivity index (χ1n) is 0.878. The summed E-state index contributed by atoms with van der Waals surface area (Å²) in [6.07, 6.45) is 0.514. The molecule has 22 valence electrons. The van der Waals surface area contributed by atoms with Crippen molar-refractivity contribution >= 4 is 0 Å². The Morgan fingerprint density at radius 1 is 1.80 bits per heavy atom. The zero-order chi connectivity index (χ0) is 3.41. The number of hydrogen-bond acceptors (Lipinski definition) is 1. The van der Waals surface area contributed by atoms with Gasteiger partial charge in [0.05, 0.1) is 0 Å². The molecule has 0 N–H and O–H groups in total. The third-order valence-corrected chi connectivity index (χ3v) is 0.0833. The minimum atomic E-state index is 0. The Labute approximate surface area is 43.2 Å². The Morgan fingerprint density at radius 2 is 2.00 bits per heavy atom. The van der Waals surface area contributed by atoms with Crippen LogP contribution in [0, 0.1) is 0 Å². The van der Waals surface area contributed by atoms with Gasteiger partial charge in [0.2, 0.25) is 0 Å². The molecule has 0 bridgehead atoms. The monoisotopic (exact) mass is 62.0 g/mol. The van der Waals surface area contributed by atoms with Crippen LogP contribution in [-0.2, 0) is 0 Å². The van der Waals surface area contributed by atoms with Crippen molar-refractivity contribution < 1.29 is 24.0 Å². The van der Waals surface area contributed by atoms with Crippen molar-refractivity contribution in [2.45, 2.75) is 0 Å². The smallest absolute Gasteiger partial charge is 0.872 e. The maximum Gasteiger partial charge on any atom is 1.00 e. The summed E-state index contributed by atoms with van der Waals surface area (Å²) in [5.74, 6) is 0. The maximum atomic E-state index is 9.00.